The monoisotopic (exact) mass is 779 g/mol. The van der Waals surface area contributed by atoms with Crippen LogP contribution in [0.4, 0.5) is 4.39 Å². The fourth-order valence-electron chi connectivity index (χ4n) is 10.2. The lowest BCUT2D eigenvalue weighted by molar-refractivity contribution is -0.308. The summed E-state index contributed by atoms with van der Waals surface area (Å²) in [4.78, 5) is 65.3. The smallest absolute Gasteiger partial charge is 0.303 e. The second-order valence-corrected chi connectivity index (χ2v) is 15.9. The van der Waals surface area contributed by atoms with Gasteiger partial charge >= 0.3 is 23.9 Å². The van der Waals surface area contributed by atoms with Crippen molar-refractivity contribution in [3.05, 3.63) is 23.8 Å². The molecular weight excluding hydrogens is 725 g/mol. The Morgan fingerprint density at radius 1 is 0.964 bits per heavy atom. The second kappa shape index (κ2) is 16.1. The first-order valence-electron chi connectivity index (χ1n) is 18.8. The molecule has 3 N–H and O–H groups in total. The molecule has 5 aliphatic rings. The molecule has 0 bridgehead atoms. The number of halogens is 1. The van der Waals surface area contributed by atoms with Gasteiger partial charge in [-0.3, -0.25) is 29.0 Å². The molecule has 0 spiro atoms. The molecule has 5 unspecified atom stereocenters. The summed E-state index contributed by atoms with van der Waals surface area (Å²) in [5.41, 5.74) is -4.85. The topological polar surface area (TPSA) is 214 Å². The quantitative estimate of drug-likeness (QED) is 0.147. The summed E-state index contributed by atoms with van der Waals surface area (Å²) >= 11 is 0. The third-order valence-electron chi connectivity index (χ3n) is 12.6. The highest BCUT2D eigenvalue weighted by Crippen LogP contribution is 2.70. The van der Waals surface area contributed by atoms with E-state index in [1.807, 2.05) is 6.08 Å². The molecule has 4 fully saturated rings. The standard InChI is InChI=1S/C39H54FNO14/c1-20-15-28-27-10-9-25-16-26(11-12-36(25,6)38(27,40)30(47)17-37(28,7)39(20,49)31(48)18-42)41-13-8-14-50-35-34(54-24(5)46)33(53-23(4)45)32(52-22(3)44)29(55-35)19-51-21(2)43/h11-12,16,20,27-30,32-35,42,47,49H,8-10,13-15,17-19H2,1-7H3/b41-26+/t20-,27+,28+,29?,30+,32?,33?,34?,35?,36+,37+,38+,39+/m1/s1. The van der Waals surface area contributed by atoms with E-state index in [4.69, 9.17) is 28.4 Å². The number of nitrogens with zero attached hydrogens (tertiary/aromatic N) is 1. The lowest BCUT2D eigenvalue weighted by Gasteiger charge is -2.62. The fourth-order valence-corrected chi connectivity index (χ4v) is 10.2. The predicted molar refractivity (Wildman–Crippen MR) is 190 cm³/mol. The third kappa shape index (κ3) is 7.52. The molecule has 15 nitrogen and oxygen atoms in total. The van der Waals surface area contributed by atoms with E-state index in [0.717, 1.165) is 26.3 Å². The first kappa shape index (κ1) is 42.6. The van der Waals surface area contributed by atoms with Crippen LogP contribution in [0.25, 0.3) is 0 Å². The number of aliphatic hydroxyl groups is 3. The third-order valence-corrected chi connectivity index (χ3v) is 12.6. The van der Waals surface area contributed by atoms with Gasteiger partial charge in [0.1, 0.15) is 24.9 Å². The van der Waals surface area contributed by atoms with Crippen LogP contribution in [-0.2, 0) is 52.4 Å². The first-order valence-corrected chi connectivity index (χ1v) is 18.8. The summed E-state index contributed by atoms with van der Waals surface area (Å²) in [6.07, 6.45) is -1.11. The summed E-state index contributed by atoms with van der Waals surface area (Å²) in [7, 11) is 0. The van der Waals surface area contributed by atoms with E-state index in [0.29, 0.717) is 31.4 Å². The Hall–Kier alpha value is -3.57. The Morgan fingerprint density at radius 3 is 2.22 bits per heavy atom. The van der Waals surface area contributed by atoms with Crippen molar-refractivity contribution in [3.8, 4) is 0 Å². The van der Waals surface area contributed by atoms with E-state index in [1.54, 1.807) is 32.9 Å². The molecule has 1 saturated heterocycles. The minimum absolute atomic E-state index is 0.0215. The lowest BCUT2D eigenvalue weighted by Crippen LogP contribution is -2.69. The zero-order chi connectivity index (χ0) is 40.7. The van der Waals surface area contributed by atoms with Crippen LogP contribution in [0.2, 0.25) is 0 Å². The van der Waals surface area contributed by atoms with Crippen molar-refractivity contribution in [1.82, 2.24) is 0 Å². The maximum absolute atomic E-state index is 17.7. The number of fused-ring (bicyclic) bond motifs is 5. The van der Waals surface area contributed by atoms with E-state index >= 15 is 4.39 Å². The van der Waals surface area contributed by atoms with Crippen LogP contribution in [0.15, 0.2) is 28.8 Å². The average molecular weight is 780 g/mol. The number of carbonyl (C=O) groups is 5. The van der Waals surface area contributed by atoms with Crippen LogP contribution in [0, 0.1) is 28.6 Å². The first-order chi connectivity index (χ1) is 25.7. The van der Waals surface area contributed by atoms with Gasteiger partial charge < -0.3 is 43.7 Å². The molecule has 16 heteroatoms. The molecule has 55 heavy (non-hydrogen) atoms. The number of alkyl halides is 1. The van der Waals surface area contributed by atoms with Crippen molar-refractivity contribution in [2.45, 2.75) is 129 Å². The largest absolute Gasteiger partial charge is 0.463 e. The van der Waals surface area contributed by atoms with Gasteiger partial charge in [0.25, 0.3) is 0 Å². The van der Waals surface area contributed by atoms with Gasteiger partial charge in [0.15, 0.2) is 36.1 Å². The molecule has 3 saturated carbocycles. The maximum Gasteiger partial charge on any atom is 0.303 e. The van der Waals surface area contributed by atoms with Gasteiger partial charge in [0.2, 0.25) is 0 Å². The van der Waals surface area contributed by atoms with Crippen molar-refractivity contribution in [3.63, 3.8) is 0 Å². The molecule has 306 valence electrons. The van der Waals surface area contributed by atoms with Gasteiger partial charge in [-0.15, -0.1) is 0 Å². The van der Waals surface area contributed by atoms with Crippen molar-refractivity contribution >= 4 is 35.4 Å². The van der Waals surface area contributed by atoms with Crippen LogP contribution in [-0.4, -0.2) is 125 Å². The number of carbonyl (C=O) groups excluding carboxylic acids is 5. The average Bonchev–Trinajstić information content (AvgIpc) is 3.30. The number of allylic oxidation sites excluding steroid dienone is 4. The normalized spacial score (nSPS) is 41.3. The van der Waals surface area contributed by atoms with Crippen LogP contribution in [0.1, 0.15) is 80.6 Å². The summed E-state index contributed by atoms with van der Waals surface area (Å²) in [5.74, 6) is -5.13. The summed E-state index contributed by atoms with van der Waals surface area (Å²) in [6, 6.07) is 0. The molecule has 0 aromatic carbocycles. The van der Waals surface area contributed by atoms with Gasteiger partial charge in [-0.25, -0.2) is 4.39 Å². The van der Waals surface area contributed by atoms with Gasteiger partial charge in [0.05, 0.1) is 18.4 Å². The Labute approximate surface area is 319 Å². The summed E-state index contributed by atoms with van der Waals surface area (Å²) in [6.45, 7) is 8.91. The Bertz CT molecular complexity index is 1630. The number of aliphatic hydroxyl groups excluding tert-OH is 2. The van der Waals surface area contributed by atoms with Crippen molar-refractivity contribution in [2.24, 2.45) is 33.6 Å². The molecule has 5 rings (SSSR count). The molecule has 4 aliphatic carbocycles. The highest BCUT2D eigenvalue weighted by Gasteiger charge is 2.75. The number of ketones is 1. The zero-order valence-corrected chi connectivity index (χ0v) is 32.4. The maximum atomic E-state index is 17.7. The Morgan fingerprint density at radius 2 is 1.60 bits per heavy atom. The van der Waals surface area contributed by atoms with Crippen molar-refractivity contribution in [2.75, 3.05) is 26.4 Å². The van der Waals surface area contributed by atoms with E-state index in [1.165, 1.54) is 6.92 Å². The molecule has 1 heterocycles. The van der Waals surface area contributed by atoms with Gasteiger partial charge in [-0.1, -0.05) is 25.5 Å². The summed E-state index contributed by atoms with van der Waals surface area (Å²) in [5, 5.41) is 33.0. The number of Topliss-reactive ketones (excluding diaryl/α,β-unsaturated/α-hetero) is 1. The van der Waals surface area contributed by atoms with Crippen LogP contribution < -0.4 is 0 Å². The second-order valence-electron chi connectivity index (χ2n) is 15.9. The van der Waals surface area contributed by atoms with Crippen molar-refractivity contribution < 1.29 is 72.1 Å². The SMILES string of the molecule is CC(=O)OCC1OC(OCCC/N=C2\C=C[C@@]3(C)C(=C2)CC[C@H]2[C@@H]4C[C@@H](C)[C@](O)(C(=O)CO)[C@@]4(C)C[C@H](O)[C@@]23F)C(OC(C)=O)C(OC(C)=O)C1OC(C)=O. The number of ether oxygens (including phenoxy) is 6. The molecule has 0 amide bonds. The zero-order valence-electron chi connectivity index (χ0n) is 32.4. The van der Waals surface area contributed by atoms with Crippen LogP contribution in [0.5, 0.6) is 0 Å². The number of hydrogen-bond acceptors (Lipinski definition) is 15. The molecule has 13 atom stereocenters. The highest BCUT2D eigenvalue weighted by molar-refractivity contribution is 6.06. The van der Waals surface area contributed by atoms with Crippen molar-refractivity contribution in [1.29, 1.82) is 0 Å². The molecule has 1 aliphatic heterocycles. The van der Waals surface area contributed by atoms with Gasteiger partial charge in [-0.05, 0) is 63.0 Å². The Kier molecular flexibility index (Phi) is 12.5. The number of rotatable bonds is 12. The number of esters is 4. The minimum atomic E-state index is -2.07. The van der Waals surface area contributed by atoms with E-state index < -0.39 is 107 Å². The minimum Gasteiger partial charge on any atom is -0.463 e. The lowest BCUT2D eigenvalue weighted by atomic mass is 9.44. The fraction of sp³-hybridized carbons (Fsp3) is 0.744. The van der Waals surface area contributed by atoms with E-state index in [9.17, 15) is 39.3 Å². The molecule has 0 aromatic heterocycles. The molecule has 0 aromatic rings. The number of aliphatic imine (C=N–C) groups is 1. The van der Waals surface area contributed by atoms with Gasteiger partial charge in [-0.2, -0.15) is 0 Å². The summed E-state index contributed by atoms with van der Waals surface area (Å²) < 4.78 is 51.0. The predicted octanol–water partition coefficient (Wildman–Crippen LogP) is 2.26. The molecular formula is C39H54FNO14. The number of hydrogen-bond donors (Lipinski definition) is 3. The highest BCUT2D eigenvalue weighted by atomic mass is 19.1. The van der Waals surface area contributed by atoms with Crippen LogP contribution in [0.3, 0.4) is 0 Å². The molecule has 0 radical (unpaired) electrons. The van der Waals surface area contributed by atoms with Gasteiger partial charge in [0, 0.05) is 51.0 Å². The van der Waals surface area contributed by atoms with Crippen LogP contribution >= 0.6 is 0 Å². The van der Waals surface area contributed by atoms with E-state index in [-0.39, 0.29) is 32.1 Å². The van der Waals surface area contributed by atoms with E-state index in [2.05, 4.69) is 4.99 Å². The Balaban J connectivity index is 1.28.